The van der Waals surface area contributed by atoms with Crippen LogP contribution in [0.4, 0.5) is 14.5 Å². The molecular weight excluding hydrogens is 318 g/mol. The zero-order valence-electron chi connectivity index (χ0n) is 9.65. The smallest absolute Gasteiger partial charge is 0.319 e. The van der Waals surface area contributed by atoms with E-state index in [-0.39, 0.29) is 12.4 Å². The number of alkyl halides is 2. The van der Waals surface area contributed by atoms with Gasteiger partial charge in [-0.05, 0) is 18.2 Å². The van der Waals surface area contributed by atoms with Crippen LogP contribution in [-0.2, 0) is 6.54 Å². The molecule has 0 aliphatic carbocycles. The average molecular weight is 327 g/mol. The number of hydrogen-bond acceptors (Lipinski definition) is 3. The molecule has 98 valence electrons. The van der Waals surface area contributed by atoms with Gasteiger partial charge in [0.15, 0.2) is 0 Å². The topological polar surface area (TPSA) is 53.6 Å². The van der Waals surface area contributed by atoms with Gasteiger partial charge < -0.3 is 5.32 Å². The Morgan fingerprint density at radius 1 is 1.47 bits per heavy atom. The summed E-state index contributed by atoms with van der Waals surface area (Å²) in [6, 6.07) is 7.13. The van der Waals surface area contributed by atoms with Crippen LogP contribution >= 0.6 is 15.9 Å². The Balaban J connectivity index is 2.17. The van der Waals surface area contributed by atoms with Crippen molar-refractivity contribution in [2.45, 2.75) is 13.1 Å². The lowest BCUT2D eigenvalue weighted by atomic mass is 10.2. The summed E-state index contributed by atoms with van der Waals surface area (Å²) >= 11 is 3.29. The van der Waals surface area contributed by atoms with Crippen molar-refractivity contribution in [3.05, 3.63) is 46.5 Å². The summed E-state index contributed by atoms with van der Waals surface area (Å²) in [7, 11) is 0. The maximum atomic E-state index is 12.6. The second-order valence-corrected chi connectivity index (χ2v) is 4.60. The highest BCUT2D eigenvalue weighted by Crippen LogP contribution is 2.22. The molecular formula is C12H9BrF2N4. The van der Waals surface area contributed by atoms with Gasteiger partial charge in [0.05, 0.1) is 17.8 Å². The van der Waals surface area contributed by atoms with Gasteiger partial charge >= 0.3 is 6.55 Å². The van der Waals surface area contributed by atoms with Crippen molar-refractivity contribution in [3.8, 4) is 6.07 Å². The third kappa shape index (κ3) is 3.09. The lowest BCUT2D eigenvalue weighted by Crippen LogP contribution is -2.09. The van der Waals surface area contributed by atoms with Crippen molar-refractivity contribution in [2.24, 2.45) is 0 Å². The van der Waals surface area contributed by atoms with Crippen LogP contribution in [0.3, 0.4) is 0 Å². The van der Waals surface area contributed by atoms with Crippen molar-refractivity contribution in [3.63, 3.8) is 0 Å². The van der Waals surface area contributed by atoms with E-state index in [1.807, 2.05) is 6.07 Å². The van der Waals surface area contributed by atoms with Crippen LogP contribution in [0.1, 0.15) is 17.9 Å². The van der Waals surface area contributed by atoms with Gasteiger partial charge in [-0.15, -0.1) is 0 Å². The number of rotatable bonds is 4. The third-order valence-corrected chi connectivity index (χ3v) is 2.99. The molecule has 0 unspecified atom stereocenters. The number of imidazole rings is 1. The van der Waals surface area contributed by atoms with E-state index in [9.17, 15) is 8.78 Å². The van der Waals surface area contributed by atoms with E-state index in [1.54, 1.807) is 18.2 Å². The molecule has 0 atom stereocenters. The standard InChI is InChI=1S/C12H9BrF2N4/c13-9-2-1-8(6-16)10(5-9)18-7-11-17-3-4-19(11)12(14)15/h1-5,12,18H,7H2. The lowest BCUT2D eigenvalue weighted by molar-refractivity contribution is 0.0673. The van der Waals surface area contributed by atoms with E-state index < -0.39 is 6.55 Å². The molecule has 0 saturated carbocycles. The third-order valence-electron chi connectivity index (χ3n) is 2.50. The van der Waals surface area contributed by atoms with Gasteiger partial charge in [-0.2, -0.15) is 14.0 Å². The minimum absolute atomic E-state index is 0.114. The van der Waals surface area contributed by atoms with Crippen LogP contribution < -0.4 is 5.32 Å². The largest absolute Gasteiger partial charge is 0.377 e. The minimum atomic E-state index is -2.63. The number of aromatic nitrogens is 2. The summed E-state index contributed by atoms with van der Waals surface area (Å²) in [5.74, 6) is 0.207. The highest BCUT2D eigenvalue weighted by Gasteiger charge is 2.11. The fourth-order valence-corrected chi connectivity index (χ4v) is 1.95. The van der Waals surface area contributed by atoms with Crippen molar-refractivity contribution in [1.29, 1.82) is 5.26 Å². The highest BCUT2D eigenvalue weighted by atomic mass is 79.9. The Hall–Kier alpha value is -1.94. The van der Waals surface area contributed by atoms with Gasteiger partial charge in [-0.25, -0.2) is 4.98 Å². The number of nitriles is 1. The predicted molar refractivity (Wildman–Crippen MR) is 69.7 cm³/mol. The molecule has 0 radical (unpaired) electrons. The molecule has 0 aliphatic rings. The van der Waals surface area contributed by atoms with E-state index in [2.05, 4.69) is 26.2 Å². The van der Waals surface area contributed by atoms with Crippen molar-refractivity contribution >= 4 is 21.6 Å². The van der Waals surface area contributed by atoms with E-state index in [4.69, 9.17) is 5.26 Å². The fraction of sp³-hybridized carbons (Fsp3) is 0.167. The van der Waals surface area contributed by atoms with E-state index in [0.29, 0.717) is 11.3 Å². The number of anilines is 1. The zero-order chi connectivity index (χ0) is 13.8. The van der Waals surface area contributed by atoms with Crippen LogP contribution in [0.2, 0.25) is 0 Å². The summed E-state index contributed by atoms with van der Waals surface area (Å²) in [5, 5.41) is 11.9. The molecule has 0 amide bonds. The monoisotopic (exact) mass is 326 g/mol. The maximum Gasteiger partial charge on any atom is 0.319 e. The predicted octanol–water partition coefficient (Wildman–Crippen LogP) is 3.52. The summed E-state index contributed by atoms with van der Waals surface area (Å²) in [5.41, 5.74) is 1.01. The number of benzene rings is 1. The molecule has 2 aromatic rings. The Kier molecular flexibility index (Phi) is 4.12. The van der Waals surface area contributed by atoms with Gasteiger partial charge in [0.2, 0.25) is 0 Å². The van der Waals surface area contributed by atoms with Crippen LogP contribution in [0.5, 0.6) is 0 Å². The molecule has 1 aromatic heterocycles. The number of hydrogen-bond donors (Lipinski definition) is 1. The normalized spacial score (nSPS) is 10.5. The van der Waals surface area contributed by atoms with Crippen molar-refractivity contribution in [2.75, 3.05) is 5.32 Å². The van der Waals surface area contributed by atoms with Gasteiger partial charge in [0.1, 0.15) is 11.9 Å². The van der Waals surface area contributed by atoms with E-state index in [0.717, 1.165) is 9.04 Å². The average Bonchev–Trinajstić information content (AvgIpc) is 2.85. The molecule has 2 rings (SSSR count). The second kappa shape index (κ2) is 5.80. The van der Waals surface area contributed by atoms with Crippen LogP contribution in [0, 0.1) is 11.3 Å². The number of nitrogens with zero attached hydrogens (tertiary/aromatic N) is 3. The van der Waals surface area contributed by atoms with Gasteiger partial charge in [-0.1, -0.05) is 15.9 Å². The first-order chi connectivity index (χ1) is 9.11. The van der Waals surface area contributed by atoms with Crippen LogP contribution in [-0.4, -0.2) is 9.55 Å². The van der Waals surface area contributed by atoms with E-state index in [1.165, 1.54) is 12.4 Å². The van der Waals surface area contributed by atoms with E-state index >= 15 is 0 Å². The molecule has 0 saturated heterocycles. The highest BCUT2D eigenvalue weighted by molar-refractivity contribution is 9.10. The molecule has 1 N–H and O–H groups in total. The zero-order valence-corrected chi connectivity index (χ0v) is 11.2. The molecule has 7 heteroatoms. The quantitative estimate of drug-likeness (QED) is 0.935. The Bertz CT molecular complexity index is 618. The van der Waals surface area contributed by atoms with Gasteiger partial charge in [0, 0.05) is 16.9 Å². The lowest BCUT2D eigenvalue weighted by Gasteiger charge is -2.10. The van der Waals surface area contributed by atoms with Crippen molar-refractivity contribution < 1.29 is 8.78 Å². The van der Waals surface area contributed by atoms with Gasteiger partial charge in [-0.3, -0.25) is 4.57 Å². The molecule has 0 aliphatic heterocycles. The Morgan fingerprint density at radius 2 is 2.26 bits per heavy atom. The summed E-state index contributed by atoms with van der Waals surface area (Å²) in [6.07, 6.45) is 2.53. The van der Waals surface area contributed by atoms with Crippen LogP contribution in [0.25, 0.3) is 0 Å². The SMILES string of the molecule is N#Cc1ccc(Br)cc1NCc1nccn1C(F)F. The maximum absolute atomic E-state index is 12.6. The number of nitrogens with one attached hydrogen (secondary N) is 1. The first-order valence-electron chi connectivity index (χ1n) is 5.35. The fourth-order valence-electron chi connectivity index (χ4n) is 1.59. The number of halogens is 3. The molecule has 0 bridgehead atoms. The summed E-state index contributed by atoms with van der Waals surface area (Å²) in [4.78, 5) is 3.86. The Labute approximate surface area is 116 Å². The molecule has 1 heterocycles. The summed E-state index contributed by atoms with van der Waals surface area (Å²) in [6.45, 7) is -2.51. The minimum Gasteiger partial charge on any atom is -0.377 e. The molecule has 1 aromatic carbocycles. The first-order valence-corrected chi connectivity index (χ1v) is 6.14. The first kappa shape index (κ1) is 13.5. The molecule has 4 nitrogen and oxygen atoms in total. The van der Waals surface area contributed by atoms with Crippen LogP contribution in [0.15, 0.2) is 35.1 Å². The molecule has 0 fully saturated rings. The molecule has 0 spiro atoms. The summed E-state index contributed by atoms with van der Waals surface area (Å²) < 4.78 is 26.8. The molecule has 19 heavy (non-hydrogen) atoms. The van der Waals surface area contributed by atoms with Gasteiger partial charge in [0.25, 0.3) is 0 Å². The Morgan fingerprint density at radius 3 is 2.95 bits per heavy atom. The van der Waals surface area contributed by atoms with Crippen molar-refractivity contribution in [1.82, 2.24) is 9.55 Å². The second-order valence-electron chi connectivity index (χ2n) is 3.68.